The number of carbonyl (C=O) groups is 2. The number of rotatable bonds is 3. The number of benzene rings is 1. The maximum absolute atomic E-state index is 13.5. The highest BCUT2D eigenvalue weighted by molar-refractivity contribution is 5.97. The van der Waals surface area contributed by atoms with Crippen molar-refractivity contribution < 1.29 is 23.5 Å². The van der Waals surface area contributed by atoms with Crippen molar-refractivity contribution in [3.8, 4) is 0 Å². The van der Waals surface area contributed by atoms with Gasteiger partial charge in [0.25, 0.3) is 0 Å². The first-order chi connectivity index (χ1) is 8.99. The third-order valence-electron chi connectivity index (χ3n) is 2.92. The van der Waals surface area contributed by atoms with Crippen molar-refractivity contribution in [2.24, 2.45) is 0 Å². The molecule has 2 rings (SSSR count). The number of aromatic carboxylic acids is 1. The summed E-state index contributed by atoms with van der Waals surface area (Å²) in [6, 6.07) is 0.791. The molecule has 7 heteroatoms. The van der Waals surface area contributed by atoms with E-state index in [0.717, 1.165) is 12.5 Å². The maximum Gasteiger partial charge on any atom is 0.338 e. The molecule has 0 saturated carbocycles. The van der Waals surface area contributed by atoms with Gasteiger partial charge in [0.05, 0.1) is 17.3 Å². The zero-order valence-electron chi connectivity index (χ0n) is 9.87. The van der Waals surface area contributed by atoms with Gasteiger partial charge < -0.3 is 15.7 Å². The summed E-state index contributed by atoms with van der Waals surface area (Å²) in [5, 5.41) is 13.9. The van der Waals surface area contributed by atoms with Gasteiger partial charge in [0.1, 0.15) is 11.6 Å². The zero-order chi connectivity index (χ0) is 14.0. The molecule has 0 radical (unpaired) electrons. The highest BCUT2D eigenvalue weighted by Crippen LogP contribution is 2.20. The number of nitrogens with one attached hydrogen (secondary N) is 2. The number of hydrogen-bond donors (Lipinski definition) is 3. The van der Waals surface area contributed by atoms with Gasteiger partial charge in [-0.05, 0) is 25.5 Å². The quantitative estimate of drug-likeness (QED) is 0.774. The van der Waals surface area contributed by atoms with Gasteiger partial charge in [0.2, 0.25) is 5.91 Å². The molecule has 1 heterocycles. The Morgan fingerprint density at radius 3 is 2.63 bits per heavy atom. The minimum absolute atomic E-state index is 0.336. The van der Waals surface area contributed by atoms with Crippen LogP contribution < -0.4 is 10.6 Å². The summed E-state index contributed by atoms with van der Waals surface area (Å²) in [6.07, 6.45) is 1.46. The fourth-order valence-corrected chi connectivity index (χ4v) is 1.94. The van der Waals surface area contributed by atoms with E-state index in [0.29, 0.717) is 19.0 Å². The largest absolute Gasteiger partial charge is 0.478 e. The predicted octanol–water partition coefficient (Wildman–Crippen LogP) is 1.35. The normalized spacial score (nSPS) is 18.3. The topological polar surface area (TPSA) is 78.4 Å². The van der Waals surface area contributed by atoms with Crippen LogP contribution in [-0.2, 0) is 4.79 Å². The first-order valence-corrected chi connectivity index (χ1v) is 5.75. The third-order valence-corrected chi connectivity index (χ3v) is 2.92. The number of halogens is 2. The molecule has 0 aromatic heterocycles. The minimum atomic E-state index is -1.52. The van der Waals surface area contributed by atoms with Crippen molar-refractivity contribution in [1.29, 1.82) is 0 Å². The second kappa shape index (κ2) is 5.31. The fraction of sp³-hybridized carbons (Fsp3) is 0.333. The van der Waals surface area contributed by atoms with Crippen LogP contribution >= 0.6 is 0 Å². The van der Waals surface area contributed by atoms with E-state index in [-0.39, 0.29) is 5.69 Å². The van der Waals surface area contributed by atoms with Crippen LogP contribution in [-0.4, -0.2) is 29.6 Å². The molecule has 1 aliphatic heterocycles. The molecule has 19 heavy (non-hydrogen) atoms. The Kier molecular flexibility index (Phi) is 3.75. The average Bonchev–Trinajstić information content (AvgIpc) is 2.85. The Hall–Kier alpha value is -2.02. The van der Waals surface area contributed by atoms with E-state index in [1.54, 1.807) is 0 Å². The lowest BCUT2D eigenvalue weighted by molar-refractivity contribution is -0.117. The van der Waals surface area contributed by atoms with Crippen LogP contribution in [0.25, 0.3) is 0 Å². The molecule has 0 aliphatic carbocycles. The van der Waals surface area contributed by atoms with E-state index in [2.05, 4.69) is 10.6 Å². The summed E-state index contributed by atoms with van der Waals surface area (Å²) in [5.74, 6) is -4.16. The van der Waals surface area contributed by atoms with Gasteiger partial charge in [-0.1, -0.05) is 0 Å². The van der Waals surface area contributed by atoms with Crippen molar-refractivity contribution in [3.05, 3.63) is 29.3 Å². The Morgan fingerprint density at radius 2 is 2.05 bits per heavy atom. The first kappa shape index (κ1) is 13.4. The number of hydrogen-bond acceptors (Lipinski definition) is 3. The Bertz CT molecular complexity index is 528. The highest BCUT2D eigenvalue weighted by Gasteiger charge is 2.24. The van der Waals surface area contributed by atoms with Crippen LogP contribution in [0.1, 0.15) is 23.2 Å². The van der Waals surface area contributed by atoms with Gasteiger partial charge in [-0.3, -0.25) is 4.79 Å². The monoisotopic (exact) mass is 270 g/mol. The van der Waals surface area contributed by atoms with Crippen LogP contribution in [0.5, 0.6) is 0 Å². The number of carbonyl (C=O) groups excluding carboxylic acids is 1. The molecule has 0 bridgehead atoms. The van der Waals surface area contributed by atoms with E-state index in [1.807, 2.05) is 0 Å². The molecule has 102 valence electrons. The Labute approximate surface area is 107 Å². The molecule has 1 atom stereocenters. The van der Waals surface area contributed by atoms with Crippen molar-refractivity contribution in [2.75, 3.05) is 11.9 Å². The molecular weight excluding hydrogens is 258 g/mol. The molecule has 3 N–H and O–H groups in total. The third kappa shape index (κ3) is 2.87. The standard InChI is InChI=1S/C12H12F2N2O3/c13-7-5-8(14)10(4-6(7)12(18)19)16-11(17)9-2-1-3-15-9/h4-5,9,15H,1-3H2,(H,16,17)(H,18,19)/t9-/m0/s1. The van der Waals surface area contributed by atoms with Crippen LogP contribution in [0.3, 0.4) is 0 Å². The van der Waals surface area contributed by atoms with Crippen LogP contribution in [0.2, 0.25) is 0 Å². The van der Waals surface area contributed by atoms with Crippen molar-refractivity contribution >= 4 is 17.6 Å². The fourth-order valence-electron chi connectivity index (χ4n) is 1.94. The van der Waals surface area contributed by atoms with Gasteiger partial charge in [-0.15, -0.1) is 0 Å². The molecular formula is C12H12F2N2O3. The lowest BCUT2D eigenvalue weighted by atomic mass is 10.1. The second-order valence-electron chi connectivity index (χ2n) is 4.26. The summed E-state index contributed by atoms with van der Waals surface area (Å²) in [7, 11) is 0. The number of carboxylic acids is 1. The van der Waals surface area contributed by atoms with Crippen LogP contribution in [0.15, 0.2) is 12.1 Å². The smallest absolute Gasteiger partial charge is 0.338 e. The van der Waals surface area contributed by atoms with Crippen molar-refractivity contribution in [3.63, 3.8) is 0 Å². The Balaban J connectivity index is 2.21. The number of carboxylic acid groups (broad SMARTS) is 1. The molecule has 5 nitrogen and oxygen atoms in total. The van der Waals surface area contributed by atoms with E-state index in [9.17, 15) is 18.4 Å². The van der Waals surface area contributed by atoms with Gasteiger partial charge in [0.15, 0.2) is 0 Å². The summed E-state index contributed by atoms with van der Waals surface area (Å²) >= 11 is 0. The Morgan fingerprint density at radius 1 is 1.32 bits per heavy atom. The summed E-state index contributed by atoms with van der Waals surface area (Å²) in [5.41, 5.74) is -1.02. The maximum atomic E-state index is 13.5. The second-order valence-corrected chi connectivity index (χ2v) is 4.26. The lowest BCUT2D eigenvalue weighted by Crippen LogP contribution is -2.35. The molecule has 1 aromatic rings. The van der Waals surface area contributed by atoms with E-state index in [4.69, 9.17) is 5.11 Å². The van der Waals surface area contributed by atoms with Gasteiger partial charge >= 0.3 is 5.97 Å². The van der Waals surface area contributed by atoms with Crippen LogP contribution in [0.4, 0.5) is 14.5 Å². The average molecular weight is 270 g/mol. The number of anilines is 1. The van der Waals surface area contributed by atoms with Gasteiger partial charge in [-0.2, -0.15) is 0 Å². The molecule has 1 aromatic carbocycles. The predicted molar refractivity (Wildman–Crippen MR) is 63.0 cm³/mol. The van der Waals surface area contributed by atoms with Crippen LogP contribution in [0, 0.1) is 11.6 Å². The molecule has 1 saturated heterocycles. The molecule has 0 unspecified atom stereocenters. The van der Waals surface area contributed by atoms with Gasteiger partial charge in [-0.25, -0.2) is 13.6 Å². The van der Waals surface area contributed by atoms with E-state index < -0.39 is 35.1 Å². The lowest BCUT2D eigenvalue weighted by Gasteiger charge is -2.12. The first-order valence-electron chi connectivity index (χ1n) is 5.75. The summed E-state index contributed by atoms with van der Waals surface area (Å²) < 4.78 is 26.6. The summed E-state index contributed by atoms with van der Waals surface area (Å²) in [4.78, 5) is 22.5. The van der Waals surface area contributed by atoms with Crippen molar-refractivity contribution in [2.45, 2.75) is 18.9 Å². The SMILES string of the molecule is O=C(O)c1cc(NC(=O)[C@@H]2CCCN2)c(F)cc1F. The number of amides is 1. The van der Waals surface area contributed by atoms with Crippen molar-refractivity contribution in [1.82, 2.24) is 5.32 Å². The molecule has 0 spiro atoms. The van der Waals surface area contributed by atoms with Gasteiger partial charge in [0, 0.05) is 6.07 Å². The molecule has 1 fully saturated rings. The zero-order valence-corrected chi connectivity index (χ0v) is 9.87. The summed E-state index contributed by atoms with van der Waals surface area (Å²) in [6.45, 7) is 0.699. The van der Waals surface area contributed by atoms with E-state index >= 15 is 0 Å². The minimum Gasteiger partial charge on any atom is -0.478 e. The molecule has 1 aliphatic rings. The van der Waals surface area contributed by atoms with E-state index in [1.165, 1.54) is 0 Å². The molecule has 1 amide bonds. The highest BCUT2D eigenvalue weighted by atomic mass is 19.1.